The van der Waals surface area contributed by atoms with Crippen LogP contribution in [0.25, 0.3) is 0 Å². The molecule has 24 heavy (non-hydrogen) atoms. The highest BCUT2D eigenvalue weighted by molar-refractivity contribution is 5.91. The van der Waals surface area contributed by atoms with E-state index in [0.717, 1.165) is 17.0 Å². The van der Waals surface area contributed by atoms with Crippen molar-refractivity contribution in [1.82, 2.24) is 34.2 Å². The molecular formula is C16H21N7O. The monoisotopic (exact) mass is 327 g/mol. The summed E-state index contributed by atoms with van der Waals surface area (Å²) >= 11 is 0. The van der Waals surface area contributed by atoms with Gasteiger partial charge in [0.1, 0.15) is 12.4 Å². The molecule has 0 spiro atoms. The zero-order chi connectivity index (χ0) is 17.3. The van der Waals surface area contributed by atoms with Gasteiger partial charge in [-0.3, -0.25) is 14.2 Å². The maximum absolute atomic E-state index is 12.5. The van der Waals surface area contributed by atoms with Crippen LogP contribution in [0.1, 0.15) is 27.4 Å². The molecule has 0 radical (unpaired) electrons. The van der Waals surface area contributed by atoms with E-state index in [-0.39, 0.29) is 5.91 Å². The van der Waals surface area contributed by atoms with Crippen molar-refractivity contribution in [2.24, 2.45) is 7.05 Å². The van der Waals surface area contributed by atoms with Gasteiger partial charge in [0, 0.05) is 44.3 Å². The summed E-state index contributed by atoms with van der Waals surface area (Å²) in [6, 6.07) is 3.74. The second-order valence-electron chi connectivity index (χ2n) is 5.99. The summed E-state index contributed by atoms with van der Waals surface area (Å²) in [6.45, 7) is 4.93. The molecule has 0 saturated heterocycles. The number of rotatable bonds is 5. The largest absolute Gasteiger partial charge is 0.336 e. The van der Waals surface area contributed by atoms with E-state index < -0.39 is 0 Å². The number of aromatic nitrogens is 6. The molecule has 0 N–H and O–H groups in total. The molecule has 3 heterocycles. The summed E-state index contributed by atoms with van der Waals surface area (Å²) in [5.74, 6) is -0.119. The molecule has 3 rings (SSSR count). The predicted octanol–water partition coefficient (Wildman–Crippen LogP) is 1.21. The maximum atomic E-state index is 12.5. The van der Waals surface area contributed by atoms with Gasteiger partial charge in [0.05, 0.1) is 11.9 Å². The number of hydrogen-bond acceptors (Lipinski definition) is 4. The lowest BCUT2D eigenvalue weighted by atomic mass is 10.3. The number of amides is 1. The van der Waals surface area contributed by atoms with Crippen molar-refractivity contribution in [3.8, 4) is 0 Å². The first-order chi connectivity index (χ1) is 11.4. The van der Waals surface area contributed by atoms with Gasteiger partial charge in [-0.05, 0) is 26.0 Å². The Morgan fingerprint density at radius 2 is 2.08 bits per heavy atom. The number of nitrogens with zero attached hydrogens (tertiary/aromatic N) is 7. The molecule has 0 aromatic carbocycles. The number of carbonyl (C=O) groups excluding carboxylic acids is 1. The molecule has 0 atom stereocenters. The van der Waals surface area contributed by atoms with Crippen LogP contribution in [0.4, 0.5) is 0 Å². The number of carbonyl (C=O) groups is 1. The Labute approximate surface area is 140 Å². The topological polar surface area (TPSA) is 73.8 Å². The molecule has 0 unspecified atom stereocenters. The molecule has 1 amide bonds. The van der Waals surface area contributed by atoms with Crippen molar-refractivity contribution in [1.29, 1.82) is 0 Å². The molecule has 0 aliphatic heterocycles. The maximum Gasteiger partial charge on any atom is 0.274 e. The lowest BCUT2D eigenvalue weighted by Gasteiger charge is -2.14. The van der Waals surface area contributed by atoms with Crippen molar-refractivity contribution in [3.05, 3.63) is 53.4 Å². The van der Waals surface area contributed by atoms with Crippen LogP contribution in [-0.4, -0.2) is 47.2 Å². The number of aryl methyl sites for hydroxylation is 3. The van der Waals surface area contributed by atoms with Crippen LogP contribution in [0.2, 0.25) is 0 Å². The van der Waals surface area contributed by atoms with Gasteiger partial charge >= 0.3 is 0 Å². The molecule has 8 heteroatoms. The smallest absolute Gasteiger partial charge is 0.274 e. The van der Waals surface area contributed by atoms with E-state index in [1.54, 1.807) is 39.8 Å². The van der Waals surface area contributed by atoms with E-state index in [1.807, 2.05) is 37.8 Å². The molecule has 3 aromatic heterocycles. The first kappa shape index (κ1) is 16.0. The van der Waals surface area contributed by atoms with Crippen molar-refractivity contribution in [2.75, 3.05) is 7.05 Å². The van der Waals surface area contributed by atoms with Crippen molar-refractivity contribution >= 4 is 5.91 Å². The van der Waals surface area contributed by atoms with E-state index in [4.69, 9.17) is 0 Å². The van der Waals surface area contributed by atoms with Crippen LogP contribution in [-0.2, 0) is 20.3 Å². The second-order valence-corrected chi connectivity index (χ2v) is 5.99. The molecule has 0 fully saturated rings. The zero-order valence-electron chi connectivity index (χ0n) is 14.3. The number of hydrogen-bond donors (Lipinski definition) is 0. The lowest BCUT2D eigenvalue weighted by molar-refractivity contribution is 0.0778. The van der Waals surface area contributed by atoms with E-state index in [2.05, 4.69) is 15.3 Å². The SMILES string of the molecule is Cc1cc(C)n(Cn2ccc(C(=O)N(C)Cc3cnn(C)c3)n2)n1. The molecule has 8 nitrogen and oxygen atoms in total. The Morgan fingerprint density at radius 3 is 2.71 bits per heavy atom. The average molecular weight is 327 g/mol. The molecule has 3 aromatic rings. The summed E-state index contributed by atoms with van der Waals surface area (Å²) in [4.78, 5) is 14.1. The molecule has 0 bridgehead atoms. The fourth-order valence-corrected chi connectivity index (χ4v) is 2.60. The van der Waals surface area contributed by atoms with E-state index in [1.165, 1.54) is 0 Å². The van der Waals surface area contributed by atoms with Crippen molar-refractivity contribution in [3.63, 3.8) is 0 Å². The molecule has 0 aliphatic rings. The highest BCUT2D eigenvalue weighted by Gasteiger charge is 2.16. The van der Waals surface area contributed by atoms with Gasteiger partial charge in [0.25, 0.3) is 5.91 Å². The third-order valence-electron chi connectivity index (χ3n) is 3.77. The Balaban J connectivity index is 1.67. The first-order valence-corrected chi connectivity index (χ1v) is 7.70. The predicted molar refractivity (Wildman–Crippen MR) is 88.3 cm³/mol. The van der Waals surface area contributed by atoms with E-state index in [0.29, 0.717) is 18.9 Å². The van der Waals surface area contributed by atoms with Gasteiger partial charge in [-0.25, -0.2) is 4.68 Å². The van der Waals surface area contributed by atoms with Crippen LogP contribution < -0.4 is 0 Å². The van der Waals surface area contributed by atoms with E-state index >= 15 is 0 Å². The summed E-state index contributed by atoms with van der Waals surface area (Å²) in [5.41, 5.74) is 3.43. The third kappa shape index (κ3) is 3.37. The minimum atomic E-state index is -0.119. The summed E-state index contributed by atoms with van der Waals surface area (Å²) in [5, 5.41) is 12.9. The molecule has 126 valence electrons. The quantitative estimate of drug-likeness (QED) is 0.706. The fraction of sp³-hybridized carbons (Fsp3) is 0.375. The second kappa shape index (κ2) is 6.31. The van der Waals surface area contributed by atoms with Crippen LogP contribution in [0.15, 0.2) is 30.7 Å². The minimum Gasteiger partial charge on any atom is -0.336 e. The highest BCUT2D eigenvalue weighted by Crippen LogP contribution is 2.07. The lowest BCUT2D eigenvalue weighted by Crippen LogP contribution is -2.26. The average Bonchev–Trinajstić information content (AvgIpc) is 3.21. The van der Waals surface area contributed by atoms with Crippen LogP contribution in [0.5, 0.6) is 0 Å². The van der Waals surface area contributed by atoms with Gasteiger partial charge in [-0.2, -0.15) is 15.3 Å². The fourth-order valence-electron chi connectivity index (χ4n) is 2.60. The zero-order valence-corrected chi connectivity index (χ0v) is 14.3. The normalized spacial score (nSPS) is 11.0. The summed E-state index contributed by atoms with van der Waals surface area (Å²) in [6.07, 6.45) is 5.44. The van der Waals surface area contributed by atoms with Gasteiger partial charge in [0.2, 0.25) is 0 Å². The van der Waals surface area contributed by atoms with Crippen molar-refractivity contribution < 1.29 is 4.79 Å². The van der Waals surface area contributed by atoms with Gasteiger partial charge in [-0.15, -0.1) is 0 Å². The molecule has 0 aliphatic carbocycles. The van der Waals surface area contributed by atoms with Crippen LogP contribution in [0.3, 0.4) is 0 Å². The molecule has 0 saturated carbocycles. The van der Waals surface area contributed by atoms with Gasteiger partial charge < -0.3 is 4.90 Å². The highest BCUT2D eigenvalue weighted by atomic mass is 16.2. The minimum absolute atomic E-state index is 0.119. The van der Waals surface area contributed by atoms with Gasteiger partial charge in [-0.1, -0.05) is 0 Å². The van der Waals surface area contributed by atoms with Crippen molar-refractivity contribution in [2.45, 2.75) is 27.1 Å². The Kier molecular flexibility index (Phi) is 4.20. The summed E-state index contributed by atoms with van der Waals surface area (Å²) < 4.78 is 5.29. The standard InChI is InChI=1S/C16H21N7O/c1-12-7-13(2)23(18-12)11-22-6-5-15(19-22)16(24)20(3)9-14-8-17-21(4)10-14/h5-8,10H,9,11H2,1-4H3. The van der Waals surface area contributed by atoms with Gasteiger partial charge in [0.15, 0.2) is 0 Å². The Hall–Kier alpha value is -2.90. The Bertz CT molecular complexity index is 858. The third-order valence-corrected chi connectivity index (χ3v) is 3.77. The van der Waals surface area contributed by atoms with E-state index in [9.17, 15) is 4.79 Å². The molecular weight excluding hydrogens is 306 g/mol. The first-order valence-electron chi connectivity index (χ1n) is 7.70. The van der Waals surface area contributed by atoms with Crippen LogP contribution in [0, 0.1) is 13.8 Å². The van der Waals surface area contributed by atoms with Crippen LogP contribution >= 0.6 is 0 Å². The Morgan fingerprint density at radius 1 is 1.29 bits per heavy atom. The summed E-state index contributed by atoms with van der Waals surface area (Å²) in [7, 11) is 3.61.